The van der Waals surface area contributed by atoms with E-state index in [0.717, 1.165) is 12.3 Å². The number of hydrogen-bond donors (Lipinski definition) is 1. The van der Waals surface area contributed by atoms with E-state index in [1.54, 1.807) is 11.3 Å². The minimum atomic E-state index is 0.436. The molecule has 2 rings (SSSR count). The predicted molar refractivity (Wildman–Crippen MR) is 74.5 cm³/mol. The first kappa shape index (κ1) is 13.0. The van der Waals surface area contributed by atoms with Crippen LogP contribution in [0.2, 0.25) is 0 Å². The van der Waals surface area contributed by atoms with Crippen LogP contribution in [0.5, 0.6) is 0 Å². The van der Waals surface area contributed by atoms with Gasteiger partial charge in [-0.1, -0.05) is 27.7 Å². The van der Waals surface area contributed by atoms with Gasteiger partial charge in [0.1, 0.15) is 0 Å². The van der Waals surface area contributed by atoms with Crippen LogP contribution in [0.3, 0.4) is 0 Å². The van der Waals surface area contributed by atoms with Crippen LogP contribution in [0.1, 0.15) is 38.4 Å². The minimum Gasteiger partial charge on any atom is -0.316 e. The van der Waals surface area contributed by atoms with Gasteiger partial charge in [0, 0.05) is 17.8 Å². The van der Waals surface area contributed by atoms with Crippen molar-refractivity contribution in [3.05, 3.63) is 16.1 Å². The molecule has 1 aliphatic carbocycles. The van der Waals surface area contributed by atoms with Crippen molar-refractivity contribution in [1.82, 2.24) is 10.3 Å². The monoisotopic (exact) mass is 252 g/mol. The van der Waals surface area contributed by atoms with E-state index in [2.05, 4.69) is 57.3 Å². The zero-order chi connectivity index (χ0) is 12.8. The summed E-state index contributed by atoms with van der Waals surface area (Å²) in [5.74, 6) is 0.738. The second-order valence-corrected chi connectivity index (χ2v) is 7.44. The number of thiazole rings is 1. The average molecular weight is 252 g/mol. The molecule has 0 bridgehead atoms. The Bertz CT molecular complexity index is 392. The summed E-state index contributed by atoms with van der Waals surface area (Å²) >= 11 is 1.75. The lowest BCUT2D eigenvalue weighted by molar-refractivity contribution is 0.418. The van der Waals surface area contributed by atoms with Crippen molar-refractivity contribution in [2.24, 2.45) is 16.7 Å². The summed E-state index contributed by atoms with van der Waals surface area (Å²) in [6.07, 6.45) is 1.05. The fourth-order valence-corrected chi connectivity index (χ4v) is 3.99. The van der Waals surface area contributed by atoms with Gasteiger partial charge >= 0.3 is 0 Å². The molecule has 17 heavy (non-hydrogen) atoms. The molecule has 0 aliphatic heterocycles. The average Bonchev–Trinajstić information content (AvgIpc) is 2.55. The Morgan fingerprint density at radius 2 is 1.94 bits per heavy atom. The van der Waals surface area contributed by atoms with Gasteiger partial charge in [0.05, 0.1) is 10.7 Å². The molecular formula is C14H24N2S. The molecule has 0 amide bonds. The Morgan fingerprint density at radius 1 is 1.35 bits per heavy atom. The lowest BCUT2D eigenvalue weighted by atomic mass is 10.0. The topological polar surface area (TPSA) is 24.9 Å². The second-order valence-electron chi connectivity index (χ2n) is 6.38. The van der Waals surface area contributed by atoms with E-state index in [1.807, 2.05) is 0 Å². The van der Waals surface area contributed by atoms with Crippen LogP contribution in [0.25, 0.3) is 0 Å². The van der Waals surface area contributed by atoms with Crippen LogP contribution in [-0.4, -0.2) is 18.1 Å². The molecule has 3 heteroatoms. The fraction of sp³-hybridized carbons (Fsp3) is 0.786. The Morgan fingerprint density at radius 3 is 2.29 bits per heavy atom. The highest BCUT2D eigenvalue weighted by Crippen LogP contribution is 2.69. The molecule has 1 aromatic heterocycles. The molecule has 1 N–H and O–H groups in total. The third-order valence-electron chi connectivity index (χ3n) is 5.00. The number of rotatable bonds is 4. The molecule has 1 saturated carbocycles. The fourth-order valence-electron chi connectivity index (χ4n) is 3.37. The van der Waals surface area contributed by atoms with Crippen molar-refractivity contribution in [3.8, 4) is 0 Å². The van der Waals surface area contributed by atoms with E-state index in [1.165, 1.54) is 10.7 Å². The normalized spacial score (nSPS) is 23.6. The van der Waals surface area contributed by atoms with Crippen LogP contribution in [-0.2, 0) is 6.42 Å². The second kappa shape index (κ2) is 4.06. The third-order valence-corrected chi connectivity index (χ3v) is 5.82. The largest absolute Gasteiger partial charge is 0.316 e. The predicted octanol–water partition coefficient (Wildman–Crippen LogP) is 3.26. The standard InChI is InChI=1S/C14H24N2S/c1-9-16-10(8-17-9)7-11(15-6)12-13(2,3)14(12,4)5/h8,11-12,15H,7H2,1-6H3. The van der Waals surface area contributed by atoms with Crippen molar-refractivity contribution >= 4 is 11.3 Å². The Kier molecular flexibility index (Phi) is 3.11. The molecule has 1 unspecified atom stereocenters. The van der Waals surface area contributed by atoms with E-state index in [-0.39, 0.29) is 0 Å². The van der Waals surface area contributed by atoms with Crippen LogP contribution >= 0.6 is 11.3 Å². The maximum atomic E-state index is 4.58. The number of nitrogens with zero attached hydrogens (tertiary/aromatic N) is 1. The lowest BCUT2D eigenvalue weighted by Gasteiger charge is -2.17. The number of aromatic nitrogens is 1. The van der Waals surface area contributed by atoms with E-state index in [4.69, 9.17) is 0 Å². The molecule has 1 aliphatic rings. The summed E-state index contributed by atoms with van der Waals surface area (Å²) in [4.78, 5) is 4.58. The highest BCUT2D eigenvalue weighted by atomic mass is 32.1. The number of nitrogens with one attached hydrogen (secondary N) is 1. The zero-order valence-corrected chi connectivity index (χ0v) is 12.6. The SMILES string of the molecule is CNC(Cc1csc(C)n1)C1C(C)(C)C1(C)C. The van der Waals surface area contributed by atoms with Crippen LogP contribution in [0.15, 0.2) is 5.38 Å². The Labute approximate surface area is 109 Å². The summed E-state index contributed by atoms with van der Waals surface area (Å²) in [6.45, 7) is 11.6. The molecule has 0 spiro atoms. The van der Waals surface area contributed by atoms with Crippen molar-refractivity contribution in [2.45, 2.75) is 47.1 Å². The number of likely N-dealkylation sites (N-methyl/N-ethyl adjacent to an activating group) is 1. The summed E-state index contributed by atoms with van der Waals surface area (Å²) < 4.78 is 0. The first-order valence-corrected chi connectivity index (χ1v) is 7.27. The highest BCUT2D eigenvalue weighted by Gasteiger charge is 2.66. The van der Waals surface area contributed by atoms with E-state index < -0.39 is 0 Å². The van der Waals surface area contributed by atoms with Gasteiger partial charge in [0.25, 0.3) is 0 Å². The molecule has 0 aromatic carbocycles. The van der Waals surface area contributed by atoms with Gasteiger partial charge < -0.3 is 5.32 Å². The summed E-state index contributed by atoms with van der Waals surface area (Å²) in [6, 6.07) is 0.543. The first-order valence-electron chi connectivity index (χ1n) is 6.39. The molecular weight excluding hydrogens is 228 g/mol. The molecule has 1 fully saturated rings. The first-order chi connectivity index (χ1) is 7.80. The van der Waals surface area contributed by atoms with Crippen molar-refractivity contribution in [1.29, 1.82) is 0 Å². The summed E-state index contributed by atoms with van der Waals surface area (Å²) in [5, 5.41) is 6.86. The quantitative estimate of drug-likeness (QED) is 0.889. The Balaban J connectivity index is 2.09. The molecule has 1 aromatic rings. The zero-order valence-electron chi connectivity index (χ0n) is 11.8. The summed E-state index contributed by atoms with van der Waals surface area (Å²) in [7, 11) is 2.08. The maximum absolute atomic E-state index is 4.58. The molecule has 1 heterocycles. The van der Waals surface area contributed by atoms with Crippen LogP contribution < -0.4 is 5.32 Å². The van der Waals surface area contributed by atoms with Gasteiger partial charge in [0.15, 0.2) is 0 Å². The minimum absolute atomic E-state index is 0.436. The van der Waals surface area contributed by atoms with E-state index >= 15 is 0 Å². The molecule has 0 radical (unpaired) electrons. The number of aryl methyl sites for hydroxylation is 1. The van der Waals surface area contributed by atoms with Crippen molar-refractivity contribution in [3.63, 3.8) is 0 Å². The highest BCUT2D eigenvalue weighted by molar-refractivity contribution is 7.09. The molecule has 1 atom stereocenters. The van der Waals surface area contributed by atoms with Gasteiger partial charge in [-0.2, -0.15) is 0 Å². The van der Waals surface area contributed by atoms with Crippen molar-refractivity contribution in [2.75, 3.05) is 7.05 Å². The van der Waals surface area contributed by atoms with Crippen molar-refractivity contribution < 1.29 is 0 Å². The van der Waals surface area contributed by atoms with Gasteiger partial charge in [0.2, 0.25) is 0 Å². The number of hydrogen-bond acceptors (Lipinski definition) is 3. The Hall–Kier alpha value is -0.410. The third kappa shape index (κ3) is 2.04. The maximum Gasteiger partial charge on any atom is 0.0897 e. The van der Waals surface area contributed by atoms with Crippen LogP contribution in [0, 0.1) is 23.7 Å². The van der Waals surface area contributed by atoms with Crippen LogP contribution in [0.4, 0.5) is 0 Å². The van der Waals surface area contributed by atoms with Gasteiger partial charge in [-0.25, -0.2) is 4.98 Å². The van der Waals surface area contributed by atoms with E-state index in [0.29, 0.717) is 16.9 Å². The smallest absolute Gasteiger partial charge is 0.0897 e. The summed E-state index contributed by atoms with van der Waals surface area (Å²) in [5.41, 5.74) is 2.11. The van der Waals surface area contributed by atoms with Gasteiger partial charge in [-0.15, -0.1) is 11.3 Å². The van der Waals surface area contributed by atoms with Gasteiger partial charge in [-0.05, 0) is 30.7 Å². The molecule has 2 nitrogen and oxygen atoms in total. The molecule has 96 valence electrons. The molecule has 0 saturated heterocycles. The lowest BCUT2D eigenvalue weighted by Crippen LogP contribution is -2.32. The van der Waals surface area contributed by atoms with Gasteiger partial charge in [-0.3, -0.25) is 0 Å². The van der Waals surface area contributed by atoms with E-state index in [9.17, 15) is 0 Å².